The number of halogens is 1. The molecule has 194 valence electrons. The molecular formula is C28H29ClN2O6. The van der Waals surface area contributed by atoms with E-state index in [0.717, 1.165) is 55.1 Å². The Morgan fingerprint density at radius 2 is 1.73 bits per heavy atom. The predicted octanol–water partition coefficient (Wildman–Crippen LogP) is 4.47. The summed E-state index contributed by atoms with van der Waals surface area (Å²) in [5.41, 5.74) is 3.99. The molecule has 3 aromatic rings. The van der Waals surface area contributed by atoms with Crippen molar-refractivity contribution in [1.29, 1.82) is 0 Å². The van der Waals surface area contributed by atoms with Gasteiger partial charge in [0, 0.05) is 11.6 Å². The number of nitrogens with one attached hydrogen (secondary N) is 1. The van der Waals surface area contributed by atoms with E-state index < -0.39 is 17.5 Å². The molecule has 9 heteroatoms. The monoisotopic (exact) mass is 524 g/mol. The van der Waals surface area contributed by atoms with Crippen molar-refractivity contribution in [1.82, 2.24) is 9.97 Å². The molecule has 0 amide bonds. The number of hydrogen-bond donors (Lipinski definition) is 3. The largest absolute Gasteiger partial charge is 0.481 e. The number of nitrogens with zero attached hydrogens (tertiary/aromatic N) is 1. The van der Waals surface area contributed by atoms with Crippen LogP contribution in [0.1, 0.15) is 44.1 Å². The fourth-order valence-electron chi connectivity index (χ4n) is 6.90. The summed E-state index contributed by atoms with van der Waals surface area (Å²) in [4.78, 5) is 19.8. The zero-order valence-corrected chi connectivity index (χ0v) is 21.0. The number of rotatable bonds is 5. The highest BCUT2D eigenvalue weighted by Gasteiger charge is 2.53. The van der Waals surface area contributed by atoms with Gasteiger partial charge in [-0.1, -0.05) is 35.9 Å². The third kappa shape index (κ3) is 3.68. The second-order valence-electron chi connectivity index (χ2n) is 11.1. The van der Waals surface area contributed by atoms with E-state index in [2.05, 4.69) is 29.2 Å². The van der Waals surface area contributed by atoms with Crippen LogP contribution in [0.25, 0.3) is 22.3 Å². The fourth-order valence-corrected chi connectivity index (χ4v) is 7.16. The summed E-state index contributed by atoms with van der Waals surface area (Å²) in [7, 11) is 0. The number of aliphatic carboxylic acids is 1. The SMILES string of the molecule is O=C(O)C12CCC(c3ccc(-c4nc5cc(O[C@@H]6CO[C@H]7[C@@H]6OC[C@H]7O)[nH]c5cc4Cl)cc3)(CC1)CC2. The Hall–Kier alpha value is -2.65. The van der Waals surface area contributed by atoms with Crippen molar-refractivity contribution in [3.63, 3.8) is 0 Å². The lowest BCUT2D eigenvalue weighted by Crippen LogP contribution is -2.47. The maximum Gasteiger partial charge on any atom is 0.309 e. The van der Waals surface area contributed by atoms with E-state index in [0.29, 0.717) is 23.2 Å². The molecule has 37 heavy (non-hydrogen) atoms. The van der Waals surface area contributed by atoms with Gasteiger partial charge in [0.1, 0.15) is 18.3 Å². The number of carboxylic acid groups (broad SMARTS) is 1. The lowest BCUT2D eigenvalue weighted by Gasteiger charge is -2.51. The summed E-state index contributed by atoms with van der Waals surface area (Å²) in [6, 6.07) is 12.2. The van der Waals surface area contributed by atoms with Crippen LogP contribution < -0.4 is 4.74 Å². The Morgan fingerprint density at radius 1 is 1.03 bits per heavy atom. The van der Waals surface area contributed by atoms with Crippen molar-refractivity contribution in [2.24, 2.45) is 5.41 Å². The van der Waals surface area contributed by atoms with Crippen LogP contribution in [0.2, 0.25) is 5.02 Å². The second kappa shape index (κ2) is 8.43. The van der Waals surface area contributed by atoms with Gasteiger partial charge in [-0.05, 0) is 55.6 Å². The Kier molecular flexibility index (Phi) is 5.35. The number of pyridine rings is 1. The summed E-state index contributed by atoms with van der Waals surface area (Å²) in [6.45, 7) is 0.609. The molecule has 4 atom stereocenters. The van der Waals surface area contributed by atoms with E-state index >= 15 is 0 Å². The summed E-state index contributed by atoms with van der Waals surface area (Å²) < 4.78 is 17.4. The molecule has 2 aliphatic heterocycles. The number of carbonyl (C=O) groups is 1. The van der Waals surface area contributed by atoms with Crippen LogP contribution in [0, 0.1) is 5.41 Å². The number of hydrogen-bond acceptors (Lipinski definition) is 6. The van der Waals surface area contributed by atoms with E-state index in [1.165, 1.54) is 5.56 Å². The van der Waals surface area contributed by atoms with Gasteiger partial charge >= 0.3 is 5.97 Å². The first kappa shape index (κ1) is 23.5. The van der Waals surface area contributed by atoms with Crippen molar-refractivity contribution in [3.05, 3.63) is 47.0 Å². The Morgan fingerprint density at radius 3 is 2.43 bits per heavy atom. The molecule has 4 heterocycles. The number of H-pyrrole nitrogens is 1. The lowest BCUT2D eigenvalue weighted by atomic mass is 9.52. The van der Waals surface area contributed by atoms with Crippen LogP contribution in [-0.4, -0.2) is 63.8 Å². The summed E-state index contributed by atoms with van der Waals surface area (Å²) in [5, 5.41) is 20.2. The van der Waals surface area contributed by atoms with Crippen molar-refractivity contribution < 1.29 is 29.2 Å². The zero-order valence-electron chi connectivity index (χ0n) is 20.3. The Balaban J connectivity index is 1.11. The molecule has 2 aromatic heterocycles. The highest BCUT2D eigenvalue weighted by atomic mass is 35.5. The maximum atomic E-state index is 11.8. The van der Waals surface area contributed by atoms with Crippen molar-refractivity contribution in [2.45, 2.75) is 68.4 Å². The second-order valence-corrected chi connectivity index (χ2v) is 11.6. The standard InChI is InChI=1S/C28H29ClN2O6/c29-17-11-18-19(12-22(30-18)37-21-14-36-24-20(32)13-35-25(21)24)31-23(17)15-1-3-16(4-2-15)27-5-8-28(9-6-27,10-7-27)26(33)34/h1-4,11-12,20-21,24-25,30,32H,5-10,13-14H2,(H,33,34)/t20-,21-,24-,25-,27?,28?/m1/s1. The first-order chi connectivity index (χ1) is 17.9. The third-order valence-electron chi connectivity index (χ3n) is 9.26. The highest BCUT2D eigenvalue weighted by Crippen LogP contribution is 2.58. The molecule has 0 spiro atoms. The van der Waals surface area contributed by atoms with E-state index in [1.807, 2.05) is 12.1 Å². The molecule has 0 unspecified atom stereocenters. The van der Waals surface area contributed by atoms with Crippen LogP contribution in [0.4, 0.5) is 0 Å². The molecule has 3 N–H and O–H groups in total. The van der Waals surface area contributed by atoms with Crippen LogP contribution in [0.5, 0.6) is 5.88 Å². The minimum Gasteiger partial charge on any atom is -0.481 e. The third-order valence-corrected chi connectivity index (χ3v) is 9.55. The zero-order chi connectivity index (χ0) is 25.4. The molecule has 2 bridgehead atoms. The molecule has 5 fully saturated rings. The minimum absolute atomic E-state index is 0.0752. The van der Waals surface area contributed by atoms with E-state index in [4.69, 9.17) is 30.8 Å². The number of carboxylic acids is 1. The number of aliphatic hydroxyl groups excluding tert-OH is 1. The van der Waals surface area contributed by atoms with Crippen LogP contribution >= 0.6 is 11.6 Å². The number of aromatic amines is 1. The molecule has 1 aromatic carbocycles. The molecule has 3 aliphatic carbocycles. The number of aromatic nitrogens is 2. The van der Waals surface area contributed by atoms with Crippen LogP contribution in [0.15, 0.2) is 36.4 Å². The van der Waals surface area contributed by atoms with Gasteiger partial charge in [0.05, 0.1) is 40.4 Å². The van der Waals surface area contributed by atoms with Crippen molar-refractivity contribution in [2.75, 3.05) is 13.2 Å². The normalized spacial score (nSPS) is 34.6. The van der Waals surface area contributed by atoms with Gasteiger partial charge in [-0.3, -0.25) is 4.79 Å². The van der Waals surface area contributed by atoms with E-state index in [9.17, 15) is 15.0 Å². The first-order valence-corrected chi connectivity index (χ1v) is 13.4. The average Bonchev–Trinajstić information content (AvgIpc) is 3.61. The summed E-state index contributed by atoms with van der Waals surface area (Å²) in [6.07, 6.45) is 3.47. The molecule has 8 nitrogen and oxygen atoms in total. The topological polar surface area (TPSA) is 114 Å². The van der Waals surface area contributed by atoms with E-state index in [1.54, 1.807) is 0 Å². The molecular weight excluding hydrogens is 496 g/mol. The quantitative estimate of drug-likeness (QED) is 0.451. The van der Waals surface area contributed by atoms with Gasteiger partial charge < -0.3 is 29.4 Å². The van der Waals surface area contributed by atoms with Gasteiger partial charge in [-0.25, -0.2) is 4.98 Å². The maximum absolute atomic E-state index is 11.8. The first-order valence-electron chi connectivity index (χ1n) is 13.0. The smallest absolute Gasteiger partial charge is 0.309 e. The summed E-state index contributed by atoms with van der Waals surface area (Å²) in [5.74, 6) is -0.0755. The number of aliphatic hydroxyl groups is 1. The Labute approximate surface area is 218 Å². The van der Waals surface area contributed by atoms with Gasteiger partial charge in [0.15, 0.2) is 12.0 Å². The Bertz CT molecular complexity index is 1350. The highest BCUT2D eigenvalue weighted by molar-refractivity contribution is 6.33. The predicted molar refractivity (Wildman–Crippen MR) is 136 cm³/mol. The molecule has 3 saturated carbocycles. The van der Waals surface area contributed by atoms with Crippen molar-refractivity contribution >= 4 is 28.6 Å². The molecule has 8 rings (SSSR count). The number of fused-ring (bicyclic) bond motifs is 5. The van der Waals surface area contributed by atoms with Crippen LogP contribution in [0.3, 0.4) is 0 Å². The number of benzene rings is 1. The van der Waals surface area contributed by atoms with Gasteiger partial charge in [-0.2, -0.15) is 0 Å². The summed E-state index contributed by atoms with van der Waals surface area (Å²) >= 11 is 6.65. The lowest BCUT2D eigenvalue weighted by molar-refractivity contribution is -0.156. The van der Waals surface area contributed by atoms with E-state index in [-0.39, 0.29) is 30.3 Å². The van der Waals surface area contributed by atoms with Crippen LogP contribution in [-0.2, 0) is 19.7 Å². The minimum atomic E-state index is -0.628. The number of ether oxygens (including phenoxy) is 3. The average molecular weight is 525 g/mol. The van der Waals surface area contributed by atoms with Gasteiger partial charge in [0.25, 0.3) is 0 Å². The fraction of sp³-hybridized carbons (Fsp3) is 0.500. The van der Waals surface area contributed by atoms with Gasteiger partial charge in [0.2, 0.25) is 0 Å². The van der Waals surface area contributed by atoms with Gasteiger partial charge in [-0.15, -0.1) is 0 Å². The molecule has 5 aliphatic rings. The molecule has 2 saturated heterocycles. The molecule has 0 radical (unpaired) electrons. The van der Waals surface area contributed by atoms with Crippen molar-refractivity contribution in [3.8, 4) is 17.1 Å².